The minimum Gasteiger partial charge on any atom is -0.406 e. The van der Waals surface area contributed by atoms with Crippen LogP contribution in [0.25, 0.3) is 11.0 Å². The van der Waals surface area contributed by atoms with E-state index in [0.717, 1.165) is 17.6 Å². The van der Waals surface area contributed by atoms with Crippen molar-refractivity contribution in [1.29, 1.82) is 0 Å². The number of rotatable bonds is 7. The first-order valence-corrected chi connectivity index (χ1v) is 8.74. The number of alkyl halides is 3. The van der Waals surface area contributed by atoms with E-state index in [1.807, 2.05) is 18.2 Å². The molecule has 0 aliphatic heterocycles. The van der Waals surface area contributed by atoms with Gasteiger partial charge in [-0.1, -0.05) is 12.1 Å². The molecule has 2 aromatic carbocycles. The van der Waals surface area contributed by atoms with Crippen LogP contribution in [0.5, 0.6) is 5.75 Å². The van der Waals surface area contributed by atoms with Gasteiger partial charge >= 0.3 is 6.36 Å². The van der Waals surface area contributed by atoms with Crippen LogP contribution in [0.2, 0.25) is 0 Å². The Balaban J connectivity index is 1.73. The highest BCUT2D eigenvalue weighted by Crippen LogP contribution is 2.24. The maximum Gasteiger partial charge on any atom is 0.573 e. The van der Waals surface area contributed by atoms with E-state index in [1.54, 1.807) is 17.6 Å². The molecule has 1 amide bonds. The van der Waals surface area contributed by atoms with Crippen LogP contribution >= 0.6 is 0 Å². The minimum absolute atomic E-state index is 0.0799. The first kappa shape index (κ1) is 20.5. The third-order valence-electron chi connectivity index (χ3n) is 3.88. The third-order valence-corrected chi connectivity index (χ3v) is 3.88. The molecule has 29 heavy (non-hydrogen) atoms. The normalized spacial score (nSPS) is 12.6. The van der Waals surface area contributed by atoms with Gasteiger partial charge in [0, 0.05) is 12.2 Å². The third kappa shape index (κ3) is 5.61. The number of halogens is 3. The highest BCUT2D eigenvalue weighted by molar-refractivity contribution is 5.92. The van der Waals surface area contributed by atoms with Gasteiger partial charge in [0.1, 0.15) is 12.3 Å². The van der Waals surface area contributed by atoms with E-state index in [-0.39, 0.29) is 18.8 Å². The molecule has 1 atom stereocenters. The van der Waals surface area contributed by atoms with Gasteiger partial charge < -0.3 is 25.0 Å². The molecule has 0 fully saturated rings. The van der Waals surface area contributed by atoms with Crippen LogP contribution in [-0.2, 0) is 11.3 Å². The van der Waals surface area contributed by atoms with E-state index in [0.29, 0.717) is 17.2 Å². The summed E-state index contributed by atoms with van der Waals surface area (Å²) in [5.41, 5.74) is 1.74. The van der Waals surface area contributed by atoms with E-state index in [9.17, 15) is 23.1 Å². The molecule has 154 valence electrons. The van der Waals surface area contributed by atoms with Gasteiger partial charge in [-0.25, -0.2) is 4.98 Å². The smallest absolute Gasteiger partial charge is 0.406 e. The lowest BCUT2D eigenvalue weighted by atomic mass is 10.3. The number of ether oxygens (including phenoxy) is 1. The molecule has 0 aliphatic rings. The summed E-state index contributed by atoms with van der Waals surface area (Å²) in [6.07, 6.45) is -5.38. The van der Waals surface area contributed by atoms with E-state index >= 15 is 0 Å². The first-order chi connectivity index (χ1) is 13.7. The Hall–Kier alpha value is -3.27. The fourth-order valence-electron chi connectivity index (χ4n) is 2.69. The lowest BCUT2D eigenvalue weighted by Crippen LogP contribution is -2.22. The summed E-state index contributed by atoms with van der Waals surface area (Å²) in [6, 6.07) is 12.1. The predicted molar refractivity (Wildman–Crippen MR) is 102 cm³/mol. The first-order valence-electron chi connectivity index (χ1n) is 8.74. The van der Waals surface area contributed by atoms with Gasteiger partial charge in [0.25, 0.3) is 0 Å². The van der Waals surface area contributed by atoms with Gasteiger partial charge in [0.15, 0.2) is 0 Å². The Bertz CT molecular complexity index is 985. The molecule has 0 saturated carbocycles. The molecule has 0 bridgehead atoms. The van der Waals surface area contributed by atoms with Crippen LogP contribution in [0, 0.1) is 0 Å². The largest absolute Gasteiger partial charge is 0.573 e. The van der Waals surface area contributed by atoms with E-state index in [2.05, 4.69) is 20.4 Å². The van der Waals surface area contributed by atoms with E-state index in [4.69, 9.17) is 0 Å². The molecule has 3 rings (SSSR count). The molecule has 0 aliphatic carbocycles. The van der Waals surface area contributed by atoms with E-state index in [1.165, 1.54) is 12.1 Å². The van der Waals surface area contributed by atoms with Crippen LogP contribution < -0.4 is 15.4 Å². The summed E-state index contributed by atoms with van der Waals surface area (Å²) >= 11 is 0. The molecular weight excluding hydrogens is 389 g/mol. The van der Waals surface area contributed by atoms with Crippen LogP contribution in [0.15, 0.2) is 48.5 Å². The van der Waals surface area contributed by atoms with E-state index < -0.39 is 18.4 Å². The minimum atomic E-state index is -4.78. The summed E-state index contributed by atoms with van der Waals surface area (Å²) in [7, 11) is 0. The standard InChI is InChI=1S/C19H19F3N4O3/c1-12(27)10-23-18-25-15-4-2-3-5-16(15)26(18)11-17(28)24-13-6-8-14(9-7-13)29-19(20,21)22/h2-9,12,27H,10-11H2,1H3,(H,23,25)(H,24,28). The number of nitrogens with one attached hydrogen (secondary N) is 2. The second kappa shape index (κ2) is 8.39. The van der Waals surface area contributed by atoms with Gasteiger partial charge in [-0.05, 0) is 43.3 Å². The highest BCUT2D eigenvalue weighted by Gasteiger charge is 2.31. The summed E-state index contributed by atoms with van der Waals surface area (Å²) in [5, 5.41) is 15.1. The number of carbonyl (C=O) groups is 1. The quantitative estimate of drug-likeness (QED) is 0.558. The molecular formula is C19H19F3N4O3. The lowest BCUT2D eigenvalue weighted by molar-refractivity contribution is -0.274. The molecule has 0 spiro atoms. The van der Waals surface area contributed by atoms with Gasteiger partial charge in [-0.15, -0.1) is 13.2 Å². The number of para-hydroxylation sites is 2. The maximum absolute atomic E-state index is 12.5. The summed E-state index contributed by atoms with van der Waals surface area (Å²) in [6.45, 7) is 1.80. The zero-order valence-electron chi connectivity index (χ0n) is 15.4. The number of anilines is 2. The highest BCUT2D eigenvalue weighted by atomic mass is 19.4. The summed E-state index contributed by atoms with van der Waals surface area (Å²) < 4.78 is 42.1. The number of aliphatic hydroxyl groups is 1. The van der Waals surface area contributed by atoms with Crippen molar-refractivity contribution >= 4 is 28.6 Å². The number of hydrogen-bond donors (Lipinski definition) is 3. The van der Waals surface area contributed by atoms with Crippen LogP contribution in [0.4, 0.5) is 24.8 Å². The van der Waals surface area contributed by atoms with Crippen molar-refractivity contribution < 1.29 is 27.8 Å². The number of hydrogen-bond acceptors (Lipinski definition) is 5. The van der Waals surface area contributed by atoms with Gasteiger partial charge in [-0.3, -0.25) is 4.79 Å². The monoisotopic (exact) mass is 408 g/mol. The van der Waals surface area contributed by atoms with Gasteiger partial charge in [0.2, 0.25) is 11.9 Å². The fourth-order valence-corrected chi connectivity index (χ4v) is 2.69. The number of imidazole rings is 1. The SMILES string of the molecule is CC(O)CNc1nc2ccccc2n1CC(=O)Nc1ccc(OC(F)(F)F)cc1. The zero-order valence-corrected chi connectivity index (χ0v) is 15.4. The number of fused-ring (bicyclic) bond motifs is 1. The average Bonchev–Trinajstić information content (AvgIpc) is 2.98. The van der Waals surface area contributed by atoms with Crippen molar-refractivity contribution in [2.75, 3.05) is 17.2 Å². The molecule has 10 heteroatoms. The number of amides is 1. The second-order valence-electron chi connectivity index (χ2n) is 6.36. The molecule has 1 aromatic heterocycles. The molecule has 0 radical (unpaired) electrons. The van der Waals surface area contributed by atoms with Crippen LogP contribution in [-0.4, -0.2) is 39.6 Å². The number of nitrogens with zero attached hydrogens (tertiary/aromatic N) is 2. The van der Waals surface area contributed by atoms with Crippen molar-refractivity contribution in [3.8, 4) is 5.75 Å². The number of benzene rings is 2. The molecule has 7 nitrogen and oxygen atoms in total. The summed E-state index contributed by atoms with van der Waals surface area (Å²) in [5.74, 6) is -0.338. The molecule has 1 heterocycles. The van der Waals surface area contributed by atoms with Crippen LogP contribution in [0.3, 0.4) is 0 Å². The Kier molecular flexibility index (Phi) is 5.92. The topological polar surface area (TPSA) is 88.4 Å². The Morgan fingerprint density at radius 3 is 2.55 bits per heavy atom. The average molecular weight is 408 g/mol. The number of aromatic nitrogens is 2. The van der Waals surface area contributed by atoms with Crippen molar-refractivity contribution in [3.05, 3.63) is 48.5 Å². The van der Waals surface area contributed by atoms with Crippen molar-refractivity contribution in [2.45, 2.75) is 25.9 Å². The second-order valence-corrected chi connectivity index (χ2v) is 6.36. The van der Waals surface area contributed by atoms with Gasteiger partial charge in [0.05, 0.1) is 17.1 Å². The van der Waals surface area contributed by atoms with Crippen LogP contribution in [0.1, 0.15) is 6.92 Å². The Morgan fingerprint density at radius 2 is 1.90 bits per heavy atom. The fraction of sp³-hybridized carbons (Fsp3) is 0.263. The Morgan fingerprint density at radius 1 is 1.21 bits per heavy atom. The molecule has 3 N–H and O–H groups in total. The molecule has 0 saturated heterocycles. The molecule has 3 aromatic rings. The zero-order chi connectivity index (χ0) is 21.0. The Labute approximate surface area is 164 Å². The van der Waals surface area contributed by atoms with Crippen molar-refractivity contribution in [2.24, 2.45) is 0 Å². The lowest BCUT2D eigenvalue weighted by Gasteiger charge is -2.13. The van der Waals surface area contributed by atoms with Crippen molar-refractivity contribution in [3.63, 3.8) is 0 Å². The predicted octanol–water partition coefficient (Wildman–Crippen LogP) is 3.37. The number of carbonyl (C=O) groups excluding carboxylic acids is 1. The van der Waals surface area contributed by atoms with Crippen molar-refractivity contribution in [1.82, 2.24) is 9.55 Å². The summed E-state index contributed by atoms with van der Waals surface area (Å²) in [4.78, 5) is 16.9. The number of aliphatic hydroxyl groups excluding tert-OH is 1. The van der Waals surface area contributed by atoms with Gasteiger partial charge in [-0.2, -0.15) is 0 Å². The molecule has 1 unspecified atom stereocenters. The maximum atomic E-state index is 12.5.